The number of anilines is 4. The van der Waals surface area contributed by atoms with Gasteiger partial charge in [0.15, 0.2) is 5.82 Å². The van der Waals surface area contributed by atoms with E-state index in [1.165, 1.54) is 12.3 Å². The third-order valence-corrected chi connectivity index (χ3v) is 6.76. The number of nitrogens with two attached hydrogens (primary N) is 1. The normalized spacial score (nSPS) is 27.1. The maximum absolute atomic E-state index is 13.1. The number of amides is 1. The van der Waals surface area contributed by atoms with Crippen LogP contribution in [0.4, 0.5) is 31.9 Å². The first-order valence-electron chi connectivity index (χ1n) is 11.3. The number of nitrogen functional groups attached to an aromatic ring is 1. The van der Waals surface area contributed by atoms with Gasteiger partial charge in [0.05, 0.1) is 17.4 Å². The molecule has 1 amide bonds. The number of ether oxygens (including phenoxy) is 1. The van der Waals surface area contributed by atoms with Crippen LogP contribution in [-0.4, -0.2) is 57.4 Å². The van der Waals surface area contributed by atoms with Gasteiger partial charge in [-0.05, 0) is 32.1 Å². The molecule has 0 radical (unpaired) electrons. The van der Waals surface area contributed by atoms with E-state index in [0.29, 0.717) is 30.2 Å². The first kappa shape index (κ1) is 22.7. The lowest BCUT2D eigenvalue weighted by atomic mass is 9.39. The Morgan fingerprint density at radius 2 is 2.06 bits per heavy atom. The zero-order chi connectivity index (χ0) is 23.9. The standard InChI is InChI=1S/C22H27F2N7O3/c23-18(24)19-28-15(25)5-17(30-19)29-16-4-14(26-6-12-2-1-3-34-12)13(7-27-16)20(33)31-22-8-21(9-22,10-22)11-32/h4-5,7,12,18,32H,1-3,6,8-11H2,(H,31,33)(H4,25,26,27,28,29,30)/t12-,21?,22?/m1/s1. The van der Waals surface area contributed by atoms with Crippen LogP contribution in [0.15, 0.2) is 18.3 Å². The number of hydrogen-bond acceptors (Lipinski definition) is 9. The van der Waals surface area contributed by atoms with Gasteiger partial charge in [0.2, 0.25) is 0 Å². The Morgan fingerprint density at radius 1 is 1.26 bits per heavy atom. The zero-order valence-corrected chi connectivity index (χ0v) is 18.5. The molecule has 3 heterocycles. The Morgan fingerprint density at radius 3 is 2.74 bits per heavy atom. The second-order valence-electron chi connectivity index (χ2n) is 9.52. The minimum absolute atomic E-state index is 0.0311. The van der Waals surface area contributed by atoms with E-state index in [4.69, 9.17) is 10.5 Å². The van der Waals surface area contributed by atoms with Gasteiger partial charge in [0.25, 0.3) is 12.3 Å². The SMILES string of the molecule is Nc1cc(Nc2cc(NC[C@H]3CCCO3)c(C(=O)NC34CC(CO)(C3)C4)cn2)nc(C(F)F)n1. The number of aliphatic hydroxyl groups is 1. The van der Waals surface area contributed by atoms with E-state index in [2.05, 4.69) is 30.9 Å². The van der Waals surface area contributed by atoms with E-state index < -0.39 is 12.2 Å². The molecule has 10 nitrogen and oxygen atoms in total. The monoisotopic (exact) mass is 475 g/mol. The molecule has 3 saturated carbocycles. The van der Waals surface area contributed by atoms with Gasteiger partial charge in [0.1, 0.15) is 17.5 Å². The number of halogens is 2. The van der Waals surface area contributed by atoms with Gasteiger partial charge < -0.3 is 31.5 Å². The minimum atomic E-state index is -2.87. The van der Waals surface area contributed by atoms with Crippen molar-refractivity contribution in [2.24, 2.45) is 5.41 Å². The molecule has 0 spiro atoms. The van der Waals surface area contributed by atoms with Crippen molar-refractivity contribution in [1.82, 2.24) is 20.3 Å². The third kappa shape index (κ3) is 4.34. The van der Waals surface area contributed by atoms with Crippen LogP contribution in [-0.2, 0) is 4.74 Å². The van der Waals surface area contributed by atoms with E-state index >= 15 is 0 Å². The topological polar surface area (TPSA) is 147 Å². The van der Waals surface area contributed by atoms with Crippen molar-refractivity contribution in [3.63, 3.8) is 0 Å². The molecule has 182 valence electrons. The molecule has 3 aliphatic carbocycles. The molecule has 6 N–H and O–H groups in total. The van der Waals surface area contributed by atoms with Crippen LogP contribution < -0.4 is 21.7 Å². The molecule has 1 atom stereocenters. The van der Waals surface area contributed by atoms with Crippen LogP contribution in [0.1, 0.15) is 54.7 Å². The molecule has 12 heteroatoms. The van der Waals surface area contributed by atoms with Crippen molar-refractivity contribution in [2.75, 3.05) is 36.1 Å². The maximum Gasteiger partial charge on any atom is 0.297 e. The van der Waals surface area contributed by atoms with Crippen LogP contribution >= 0.6 is 0 Å². The highest BCUT2D eigenvalue weighted by molar-refractivity contribution is 6.00. The van der Waals surface area contributed by atoms with Crippen molar-refractivity contribution in [3.05, 3.63) is 29.7 Å². The fourth-order valence-electron chi connectivity index (χ4n) is 5.26. The summed E-state index contributed by atoms with van der Waals surface area (Å²) in [6.45, 7) is 1.36. The molecular weight excluding hydrogens is 448 g/mol. The highest BCUT2D eigenvalue weighted by Crippen LogP contribution is 2.66. The van der Waals surface area contributed by atoms with Crippen LogP contribution in [0.3, 0.4) is 0 Å². The Hall–Kier alpha value is -3.12. The molecule has 1 saturated heterocycles. The third-order valence-electron chi connectivity index (χ3n) is 6.76. The smallest absolute Gasteiger partial charge is 0.297 e. The van der Waals surface area contributed by atoms with Crippen molar-refractivity contribution in [2.45, 2.75) is 50.2 Å². The predicted octanol–water partition coefficient (Wildman–Crippen LogP) is 2.37. The minimum Gasteiger partial charge on any atom is -0.396 e. The summed E-state index contributed by atoms with van der Waals surface area (Å²) in [7, 11) is 0. The number of aromatic nitrogens is 3. The number of pyridine rings is 1. The molecule has 6 rings (SSSR count). The lowest BCUT2D eigenvalue weighted by Crippen LogP contribution is -2.75. The van der Waals surface area contributed by atoms with E-state index in [9.17, 15) is 18.7 Å². The van der Waals surface area contributed by atoms with Gasteiger partial charge in [0, 0.05) is 49.0 Å². The maximum atomic E-state index is 13.1. The van der Waals surface area contributed by atoms with Gasteiger partial charge in [-0.1, -0.05) is 0 Å². The highest BCUT2D eigenvalue weighted by atomic mass is 19.3. The summed E-state index contributed by atoms with van der Waals surface area (Å²) in [5.74, 6) is -0.671. The number of carbonyl (C=O) groups excluding carboxylic acids is 1. The number of aliphatic hydroxyl groups excluding tert-OH is 1. The molecule has 2 bridgehead atoms. The van der Waals surface area contributed by atoms with Crippen molar-refractivity contribution < 1.29 is 23.4 Å². The first-order valence-corrected chi connectivity index (χ1v) is 11.3. The van der Waals surface area contributed by atoms with Gasteiger partial charge >= 0.3 is 0 Å². The van der Waals surface area contributed by atoms with E-state index in [1.54, 1.807) is 6.07 Å². The van der Waals surface area contributed by atoms with Gasteiger partial charge in [-0.3, -0.25) is 4.79 Å². The van der Waals surface area contributed by atoms with Crippen molar-refractivity contribution in [1.29, 1.82) is 0 Å². The van der Waals surface area contributed by atoms with Gasteiger partial charge in [-0.25, -0.2) is 23.7 Å². The van der Waals surface area contributed by atoms with Crippen LogP contribution in [0.5, 0.6) is 0 Å². The molecule has 2 aromatic heterocycles. The van der Waals surface area contributed by atoms with Gasteiger partial charge in [-0.2, -0.15) is 0 Å². The Kier molecular flexibility index (Phi) is 5.72. The number of nitrogens with one attached hydrogen (secondary N) is 3. The summed E-state index contributed by atoms with van der Waals surface area (Å²) in [6.07, 6.45) is 2.83. The summed E-state index contributed by atoms with van der Waals surface area (Å²) in [4.78, 5) is 24.7. The molecule has 1 aliphatic heterocycles. The second kappa shape index (κ2) is 8.58. The van der Waals surface area contributed by atoms with Gasteiger partial charge in [-0.15, -0.1) is 0 Å². The van der Waals surface area contributed by atoms with Crippen LogP contribution in [0, 0.1) is 5.41 Å². The predicted molar refractivity (Wildman–Crippen MR) is 120 cm³/mol. The largest absolute Gasteiger partial charge is 0.396 e. The molecule has 4 fully saturated rings. The molecule has 2 aromatic rings. The molecule has 4 aliphatic rings. The Balaban J connectivity index is 1.35. The Bertz CT molecular complexity index is 1070. The number of rotatable bonds is 9. The lowest BCUT2D eigenvalue weighted by molar-refractivity contribution is -0.172. The van der Waals surface area contributed by atoms with E-state index in [0.717, 1.165) is 32.1 Å². The summed E-state index contributed by atoms with van der Waals surface area (Å²) in [5, 5.41) is 18.7. The van der Waals surface area contributed by atoms with Crippen molar-refractivity contribution in [3.8, 4) is 0 Å². The summed E-state index contributed by atoms with van der Waals surface area (Å²) < 4.78 is 31.7. The fourth-order valence-corrected chi connectivity index (χ4v) is 5.26. The number of nitrogens with zero attached hydrogens (tertiary/aromatic N) is 3. The van der Waals surface area contributed by atoms with Crippen molar-refractivity contribution >= 4 is 29.0 Å². The molecule has 0 aromatic carbocycles. The van der Waals surface area contributed by atoms with E-state index in [1.807, 2.05) is 0 Å². The lowest BCUT2D eigenvalue weighted by Gasteiger charge is -2.70. The number of carbonyl (C=O) groups is 1. The molecule has 0 unspecified atom stereocenters. The van der Waals surface area contributed by atoms with Crippen LogP contribution in [0.2, 0.25) is 0 Å². The molecular formula is C22H27F2N7O3. The first-order chi connectivity index (χ1) is 16.3. The zero-order valence-electron chi connectivity index (χ0n) is 18.5. The highest BCUT2D eigenvalue weighted by Gasteiger charge is 2.68. The Labute approximate surface area is 194 Å². The quantitative estimate of drug-likeness (QED) is 0.369. The average molecular weight is 476 g/mol. The number of alkyl halides is 2. The summed E-state index contributed by atoms with van der Waals surface area (Å²) >= 11 is 0. The summed E-state index contributed by atoms with van der Waals surface area (Å²) in [5.41, 5.74) is 6.23. The number of hydrogen-bond donors (Lipinski definition) is 5. The second-order valence-corrected chi connectivity index (χ2v) is 9.52. The average Bonchev–Trinajstić information content (AvgIpc) is 3.27. The van der Waals surface area contributed by atoms with Crippen LogP contribution in [0.25, 0.3) is 0 Å². The fraction of sp³-hybridized carbons (Fsp3) is 0.545. The molecule has 34 heavy (non-hydrogen) atoms. The van der Waals surface area contributed by atoms with E-state index in [-0.39, 0.29) is 41.2 Å². The summed E-state index contributed by atoms with van der Waals surface area (Å²) in [6, 6.07) is 2.95.